The number of carbonyl (C=O) groups excluding carboxylic acids is 1. The molecule has 0 atom stereocenters. The Kier molecular flexibility index (Phi) is 5.26. The molecule has 4 nitrogen and oxygen atoms in total. The van der Waals surface area contributed by atoms with Crippen molar-refractivity contribution in [2.24, 2.45) is 0 Å². The van der Waals surface area contributed by atoms with Crippen LogP contribution in [0, 0.1) is 0 Å². The van der Waals surface area contributed by atoms with Crippen LogP contribution < -0.4 is 4.74 Å². The number of esters is 1. The summed E-state index contributed by atoms with van der Waals surface area (Å²) in [6.45, 7) is 3.74. The molecule has 0 aliphatic carbocycles. The SMILES string of the molecule is COC(=O)c1ccc2c(c1)C(=CCN1CCCCC1)c1ccccc1CO2. The first-order chi connectivity index (χ1) is 13.3. The molecule has 0 spiro atoms. The molecule has 2 aromatic rings. The van der Waals surface area contributed by atoms with Gasteiger partial charge in [0.25, 0.3) is 0 Å². The molecule has 2 aliphatic heterocycles. The zero-order valence-corrected chi connectivity index (χ0v) is 15.7. The molecule has 4 heteroatoms. The molecule has 0 bridgehead atoms. The van der Waals surface area contributed by atoms with Crippen LogP contribution >= 0.6 is 0 Å². The van der Waals surface area contributed by atoms with Gasteiger partial charge in [0.2, 0.25) is 0 Å². The highest BCUT2D eigenvalue weighted by Gasteiger charge is 2.21. The summed E-state index contributed by atoms with van der Waals surface area (Å²) in [5.74, 6) is 0.481. The van der Waals surface area contributed by atoms with E-state index in [2.05, 4.69) is 29.2 Å². The Balaban J connectivity index is 1.78. The molecule has 0 N–H and O–H groups in total. The zero-order chi connectivity index (χ0) is 18.6. The van der Waals surface area contributed by atoms with Gasteiger partial charge in [-0.2, -0.15) is 0 Å². The third-order valence-corrected chi connectivity index (χ3v) is 5.38. The van der Waals surface area contributed by atoms with Crippen LogP contribution in [0.2, 0.25) is 0 Å². The van der Waals surface area contributed by atoms with Crippen molar-refractivity contribution in [2.75, 3.05) is 26.7 Å². The summed E-state index contributed by atoms with van der Waals surface area (Å²) in [5, 5.41) is 0. The standard InChI is InChI=1S/C23H25NO3/c1-26-23(25)17-9-10-22-21(15-17)20(11-14-24-12-5-2-6-13-24)19-8-4-3-7-18(19)16-27-22/h3-4,7-11,15H,2,5-6,12-14,16H2,1H3. The van der Waals surface area contributed by atoms with Crippen molar-refractivity contribution in [2.45, 2.75) is 25.9 Å². The van der Waals surface area contributed by atoms with Gasteiger partial charge in [-0.3, -0.25) is 4.90 Å². The topological polar surface area (TPSA) is 38.8 Å². The first-order valence-electron chi connectivity index (χ1n) is 9.62. The molecule has 2 heterocycles. The highest BCUT2D eigenvalue weighted by Crippen LogP contribution is 2.37. The lowest BCUT2D eigenvalue weighted by Gasteiger charge is -2.25. The third kappa shape index (κ3) is 3.76. The lowest BCUT2D eigenvalue weighted by Crippen LogP contribution is -2.29. The molecule has 2 aromatic carbocycles. The maximum Gasteiger partial charge on any atom is 0.337 e. The monoisotopic (exact) mass is 363 g/mol. The summed E-state index contributed by atoms with van der Waals surface area (Å²) in [6.07, 6.45) is 6.16. The van der Waals surface area contributed by atoms with E-state index in [0.717, 1.165) is 36.5 Å². The number of rotatable bonds is 3. The first-order valence-corrected chi connectivity index (χ1v) is 9.62. The van der Waals surface area contributed by atoms with Gasteiger partial charge in [-0.05, 0) is 60.8 Å². The number of likely N-dealkylation sites (tertiary alicyclic amines) is 1. The minimum absolute atomic E-state index is 0.328. The van der Waals surface area contributed by atoms with E-state index in [4.69, 9.17) is 9.47 Å². The average Bonchev–Trinajstić information content (AvgIpc) is 2.88. The molecule has 2 aliphatic rings. The van der Waals surface area contributed by atoms with E-state index in [1.807, 2.05) is 18.2 Å². The predicted molar refractivity (Wildman–Crippen MR) is 106 cm³/mol. The molecule has 1 saturated heterocycles. The Morgan fingerprint density at radius 1 is 1.11 bits per heavy atom. The van der Waals surface area contributed by atoms with Crippen molar-refractivity contribution in [3.8, 4) is 5.75 Å². The summed E-state index contributed by atoms with van der Waals surface area (Å²) >= 11 is 0. The quantitative estimate of drug-likeness (QED) is 0.763. The second kappa shape index (κ2) is 7.97. The lowest BCUT2D eigenvalue weighted by molar-refractivity contribution is 0.0600. The number of hydrogen-bond acceptors (Lipinski definition) is 4. The van der Waals surface area contributed by atoms with Crippen LogP contribution in [-0.4, -0.2) is 37.6 Å². The van der Waals surface area contributed by atoms with E-state index in [-0.39, 0.29) is 5.97 Å². The predicted octanol–water partition coefficient (Wildman–Crippen LogP) is 4.28. The van der Waals surface area contributed by atoms with Gasteiger partial charge in [0.15, 0.2) is 0 Å². The number of hydrogen-bond donors (Lipinski definition) is 0. The van der Waals surface area contributed by atoms with Crippen LogP contribution in [0.5, 0.6) is 5.75 Å². The minimum Gasteiger partial charge on any atom is -0.488 e. The molecule has 0 aromatic heterocycles. The molecule has 140 valence electrons. The fourth-order valence-corrected chi connectivity index (χ4v) is 3.90. The van der Waals surface area contributed by atoms with Gasteiger partial charge in [0, 0.05) is 12.1 Å². The summed E-state index contributed by atoms with van der Waals surface area (Å²) in [7, 11) is 1.41. The molecule has 1 fully saturated rings. The molecule has 0 radical (unpaired) electrons. The maximum atomic E-state index is 12.1. The zero-order valence-electron chi connectivity index (χ0n) is 15.7. The van der Waals surface area contributed by atoms with Crippen LogP contribution in [-0.2, 0) is 11.3 Å². The average molecular weight is 363 g/mol. The van der Waals surface area contributed by atoms with Crippen molar-refractivity contribution in [1.29, 1.82) is 0 Å². The fourth-order valence-electron chi connectivity index (χ4n) is 3.90. The Hall–Kier alpha value is -2.59. The van der Waals surface area contributed by atoms with Crippen molar-refractivity contribution in [3.05, 3.63) is 70.8 Å². The molecule has 4 rings (SSSR count). The number of carbonyl (C=O) groups is 1. The fraction of sp³-hybridized carbons (Fsp3) is 0.348. The van der Waals surface area contributed by atoms with Gasteiger partial charge >= 0.3 is 5.97 Å². The third-order valence-electron chi connectivity index (χ3n) is 5.38. The van der Waals surface area contributed by atoms with Crippen LogP contribution in [0.25, 0.3) is 5.57 Å². The molecule has 27 heavy (non-hydrogen) atoms. The Morgan fingerprint density at radius 3 is 2.74 bits per heavy atom. The van der Waals surface area contributed by atoms with Crippen molar-refractivity contribution in [3.63, 3.8) is 0 Å². The number of nitrogens with zero attached hydrogens (tertiary/aromatic N) is 1. The Bertz CT molecular complexity index is 866. The number of ether oxygens (including phenoxy) is 2. The number of benzene rings is 2. The van der Waals surface area contributed by atoms with E-state index >= 15 is 0 Å². The smallest absolute Gasteiger partial charge is 0.337 e. The number of piperidine rings is 1. The molecular formula is C23H25NO3. The van der Waals surface area contributed by atoms with Crippen LogP contribution in [0.4, 0.5) is 0 Å². The highest BCUT2D eigenvalue weighted by molar-refractivity contribution is 5.93. The van der Waals surface area contributed by atoms with Crippen LogP contribution in [0.3, 0.4) is 0 Å². The summed E-state index contributed by atoms with van der Waals surface area (Å²) in [5.41, 5.74) is 4.98. The van der Waals surface area contributed by atoms with E-state index < -0.39 is 0 Å². The van der Waals surface area contributed by atoms with Gasteiger partial charge in [-0.1, -0.05) is 36.8 Å². The molecule has 0 amide bonds. The van der Waals surface area contributed by atoms with E-state index in [9.17, 15) is 4.79 Å². The lowest BCUT2D eigenvalue weighted by atomic mass is 9.93. The van der Waals surface area contributed by atoms with E-state index in [1.54, 1.807) is 6.07 Å². The number of fused-ring (bicyclic) bond motifs is 2. The first kappa shape index (κ1) is 17.8. The second-order valence-electron chi connectivity index (χ2n) is 7.13. The Labute approximate surface area is 160 Å². The summed E-state index contributed by atoms with van der Waals surface area (Å²) in [6, 6.07) is 13.9. The van der Waals surface area contributed by atoms with Gasteiger partial charge in [-0.15, -0.1) is 0 Å². The van der Waals surface area contributed by atoms with Crippen molar-refractivity contribution >= 4 is 11.5 Å². The summed E-state index contributed by atoms with van der Waals surface area (Å²) in [4.78, 5) is 14.5. The number of methoxy groups -OCH3 is 1. The van der Waals surface area contributed by atoms with Gasteiger partial charge in [0.1, 0.15) is 12.4 Å². The van der Waals surface area contributed by atoms with Gasteiger partial charge in [0.05, 0.1) is 12.7 Å². The van der Waals surface area contributed by atoms with Gasteiger partial charge < -0.3 is 9.47 Å². The van der Waals surface area contributed by atoms with Crippen molar-refractivity contribution in [1.82, 2.24) is 4.90 Å². The van der Waals surface area contributed by atoms with Gasteiger partial charge in [-0.25, -0.2) is 4.79 Å². The molecule has 0 saturated carbocycles. The molecular weight excluding hydrogens is 338 g/mol. The van der Waals surface area contributed by atoms with E-state index in [1.165, 1.54) is 37.5 Å². The van der Waals surface area contributed by atoms with Crippen LogP contribution in [0.1, 0.15) is 46.3 Å². The molecule has 0 unspecified atom stereocenters. The largest absolute Gasteiger partial charge is 0.488 e. The van der Waals surface area contributed by atoms with Crippen LogP contribution in [0.15, 0.2) is 48.5 Å². The second-order valence-corrected chi connectivity index (χ2v) is 7.13. The normalized spacial score (nSPS) is 18.2. The Morgan fingerprint density at radius 2 is 1.93 bits per heavy atom. The maximum absolute atomic E-state index is 12.1. The van der Waals surface area contributed by atoms with Crippen molar-refractivity contribution < 1.29 is 14.3 Å². The van der Waals surface area contributed by atoms with E-state index in [0.29, 0.717) is 12.2 Å². The minimum atomic E-state index is -0.328. The summed E-state index contributed by atoms with van der Waals surface area (Å²) < 4.78 is 11.0. The highest BCUT2D eigenvalue weighted by atomic mass is 16.5.